The summed E-state index contributed by atoms with van der Waals surface area (Å²) < 4.78 is 45.4. The molecule has 10 heteroatoms. The summed E-state index contributed by atoms with van der Waals surface area (Å²) in [7, 11) is -8.29. The van der Waals surface area contributed by atoms with Crippen LogP contribution in [0, 0.1) is 0 Å². The smallest absolute Gasteiger partial charge is 0.243 e. The zero-order chi connectivity index (χ0) is 15.3. The van der Waals surface area contributed by atoms with Crippen molar-refractivity contribution in [3.8, 4) is 0 Å². The number of rotatable bonds is 2. The van der Waals surface area contributed by atoms with E-state index in [4.69, 9.17) is 16.0 Å². The Hall–Kier alpha value is -1.46. The Labute approximate surface area is 115 Å². The Balaban J connectivity index is 2.86. The molecule has 0 spiro atoms. The molecule has 110 valence electrons. The average molecular weight is 319 g/mol. The lowest BCUT2D eigenvalue weighted by atomic mass is 10.0. The van der Waals surface area contributed by atoms with E-state index in [-0.39, 0.29) is 15.8 Å². The molecule has 1 aromatic carbocycles. The lowest BCUT2D eigenvalue weighted by molar-refractivity contribution is 0.193. The molecule has 0 aliphatic heterocycles. The van der Waals surface area contributed by atoms with Crippen LogP contribution in [0.5, 0.6) is 0 Å². The van der Waals surface area contributed by atoms with Gasteiger partial charge in [0.2, 0.25) is 25.0 Å². The van der Waals surface area contributed by atoms with E-state index < -0.39 is 31.4 Å². The maximum Gasteiger partial charge on any atom is 0.243 e. The Kier molecular flexibility index (Phi) is 3.19. The zero-order valence-corrected chi connectivity index (χ0v) is 11.8. The Bertz CT molecular complexity index is 905. The molecule has 1 aliphatic carbocycles. The number of fused-ring (bicyclic) bond motifs is 1. The molecule has 0 bridgehead atoms. The van der Waals surface area contributed by atoms with E-state index in [1.807, 2.05) is 0 Å². The standard InChI is InChI=1S/C10H13N3O5S2/c11-9-5-10(14,20(13,17)18)4-6-3-7(19(12,15)16)1-2-8(6)9/h1-4,14H,5,11H2,(H2,12,15,16)(H2,13,17,18). The highest BCUT2D eigenvalue weighted by Gasteiger charge is 2.39. The first-order valence-electron chi connectivity index (χ1n) is 5.33. The molecule has 0 amide bonds. The number of primary sulfonamides is 2. The van der Waals surface area contributed by atoms with E-state index in [0.29, 0.717) is 5.22 Å². The van der Waals surface area contributed by atoms with Crippen LogP contribution in [-0.4, -0.2) is 26.9 Å². The van der Waals surface area contributed by atoms with Crippen LogP contribution in [0.1, 0.15) is 6.42 Å². The molecule has 0 aromatic heterocycles. The summed E-state index contributed by atoms with van der Waals surface area (Å²) in [5.74, 6) is 0. The molecule has 1 unspecified atom stereocenters. The molecule has 1 aromatic rings. The van der Waals surface area contributed by atoms with Crippen LogP contribution in [0.3, 0.4) is 0 Å². The maximum absolute atomic E-state index is 11.4. The Morgan fingerprint density at radius 1 is 1.15 bits per heavy atom. The number of sulfonamides is 2. The van der Waals surface area contributed by atoms with Crippen LogP contribution >= 0.6 is 0 Å². The molecular weight excluding hydrogens is 306 g/mol. The summed E-state index contributed by atoms with van der Waals surface area (Å²) in [4.78, 5) is -2.60. The van der Waals surface area contributed by atoms with Crippen molar-refractivity contribution in [2.24, 2.45) is 16.0 Å². The first-order chi connectivity index (χ1) is 8.94. The van der Waals surface area contributed by atoms with Crippen LogP contribution in [0.25, 0.3) is 11.8 Å². The summed E-state index contributed by atoms with van der Waals surface area (Å²) >= 11 is 0. The van der Waals surface area contributed by atoms with Gasteiger partial charge in [-0.3, -0.25) is 0 Å². The van der Waals surface area contributed by atoms with E-state index in [1.165, 1.54) is 12.1 Å². The maximum atomic E-state index is 11.4. The molecular formula is C10H13N3O5S2. The number of hydrogen-bond donors (Lipinski definition) is 4. The van der Waals surface area contributed by atoms with Gasteiger partial charge in [-0.1, -0.05) is 6.07 Å². The van der Waals surface area contributed by atoms with Crippen molar-refractivity contribution in [2.45, 2.75) is 16.2 Å². The van der Waals surface area contributed by atoms with Crippen LogP contribution in [0.4, 0.5) is 0 Å². The highest BCUT2D eigenvalue weighted by atomic mass is 32.2. The fraction of sp³-hybridized carbons (Fsp3) is 0.200. The predicted molar refractivity (Wildman–Crippen MR) is 71.8 cm³/mol. The third kappa shape index (κ3) is 2.43. The molecule has 20 heavy (non-hydrogen) atoms. The molecule has 0 saturated carbocycles. The van der Waals surface area contributed by atoms with Gasteiger partial charge in [0.1, 0.15) is 0 Å². The van der Waals surface area contributed by atoms with Gasteiger partial charge in [0.15, 0.2) is 0 Å². The molecule has 0 radical (unpaired) electrons. The minimum absolute atomic E-state index is 0.0833. The molecule has 8 nitrogen and oxygen atoms in total. The van der Waals surface area contributed by atoms with Crippen LogP contribution in [0.15, 0.2) is 23.1 Å². The van der Waals surface area contributed by atoms with Crippen molar-refractivity contribution in [2.75, 3.05) is 0 Å². The number of nitrogens with two attached hydrogens (primary N) is 3. The van der Waals surface area contributed by atoms with Gasteiger partial charge in [0.25, 0.3) is 0 Å². The van der Waals surface area contributed by atoms with Gasteiger partial charge in [-0.25, -0.2) is 27.1 Å². The van der Waals surface area contributed by atoms with Crippen molar-refractivity contribution in [1.29, 1.82) is 0 Å². The molecule has 7 N–H and O–H groups in total. The quantitative estimate of drug-likeness (QED) is 0.442. The van der Waals surface area contributed by atoms with Gasteiger partial charge in [0, 0.05) is 17.3 Å². The molecule has 0 heterocycles. The Morgan fingerprint density at radius 3 is 2.25 bits per heavy atom. The van der Waals surface area contributed by atoms with E-state index in [0.717, 1.165) is 12.1 Å². The minimum atomic E-state index is -4.33. The number of hydrogen-bond acceptors (Lipinski definition) is 6. The number of aliphatic hydroxyl groups is 1. The van der Waals surface area contributed by atoms with E-state index in [1.54, 1.807) is 0 Å². The van der Waals surface area contributed by atoms with Gasteiger partial charge in [-0.05, 0) is 23.4 Å². The Morgan fingerprint density at radius 2 is 1.75 bits per heavy atom. The second kappa shape index (κ2) is 4.27. The van der Waals surface area contributed by atoms with Gasteiger partial charge in [-0.2, -0.15) is 0 Å². The molecule has 1 aliphatic rings. The highest BCUT2D eigenvalue weighted by Crippen LogP contribution is 2.22. The van der Waals surface area contributed by atoms with Crippen LogP contribution in [-0.2, 0) is 20.0 Å². The normalized spacial score (nSPS) is 23.1. The zero-order valence-electron chi connectivity index (χ0n) is 10.1. The summed E-state index contributed by atoms with van der Waals surface area (Å²) in [6.07, 6.45) is 0.566. The van der Waals surface area contributed by atoms with Crippen molar-refractivity contribution in [3.63, 3.8) is 0 Å². The largest absolute Gasteiger partial charge is 0.401 e. The SMILES string of the molecule is NC1=c2ccc(S(N)(=O)=O)cc2=CC(O)(S(N)(=O)=O)C1. The monoisotopic (exact) mass is 319 g/mol. The predicted octanol–water partition coefficient (Wildman–Crippen LogP) is -3.44. The minimum Gasteiger partial charge on any atom is -0.401 e. The van der Waals surface area contributed by atoms with Gasteiger partial charge < -0.3 is 10.8 Å². The highest BCUT2D eigenvalue weighted by molar-refractivity contribution is 7.90. The summed E-state index contributed by atoms with van der Waals surface area (Å²) in [6, 6.07) is 3.77. The molecule has 0 fully saturated rings. The third-order valence-electron chi connectivity index (χ3n) is 3.01. The summed E-state index contributed by atoms with van der Waals surface area (Å²) in [5.41, 5.74) is 5.80. The van der Waals surface area contributed by atoms with Crippen molar-refractivity contribution in [3.05, 3.63) is 28.6 Å². The fourth-order valence-electron chi connectivity index (χ4n) is 1.97. The van der Waals surface area contributed by atoms with E-state index >= 15 is 0 Å². The fourth-order valence-corrected chi connectivity index (χ4v) is 3.17. The van der Waals surface area contributed by atoms with Crippen LogP contribution < -0.4 is 26.4 Å². The van der Waals surface area contributed by atoms with Crippen molar-refractivity contribution >= 4 is 31.8 Å². The van der Waals surface area contributed by atoms with Crippen molar-refractivity contribution in [1.82, 2.24) is 0 Å². The van der Waals surface area contributed by atoms with E-state index in [2.05, 4.69) is 0 Å². The molecule has 0 saturated heterocycles. The first kappa shape index (κ1) is 14.9. The van der Waals surface area contributed by atoms with Gasteiger partial charge >= 0.3 is 0 Å². The molecule has 1 atom stereocenters. The second-order valence-electron chi connectivity index (χ2n) is 4.53. The lowest BCUT2D eigenvalue weighted by Gasteiger charge is -2.25. The topological polar surface area (TPSA) is 167 Å². The first-order valence-corrected chi connectivity index (χ1v) is 8.42. The van der Waals surface area contributed by atoms with Gasteiger partial charge in [0.05, 0.1) is 4.90 Å². The lowest BCUT2D eigenvalue weighted by Crippen LogP contribution is -2.49. The average Bonchev–Trinajstić information content (AvgIpc) is 2.25. The number of benzene rings is 1. The third-order valence-corrected chi connectivity index (χ3v) is 5.17. The summed E-state index contributed by atoms with van der Waals surface area (Å²) in [6.45, 7) is 0. The van der Waals surface area contributed by atoms with E-state index in [9.17, 15) is 21.9 Å². The summed E-state index contributed by atoms with van der Waals surface area (Å²) in [5, 5.41) is 20.6. The van der Waals surface area contributed by atoms with Crippen LogP contribution in [0.2, 0.25) is 0 Å². The molecule has 2 rings (SSSR count). The van der Waals surface area contributed by atoms with Crippen molar-refractivity contribution < 1.29 is 21.9 Å². The second-order valence-corrected chi connectivity index (χ2v) is 7.89. The van der Waals surface area contributed by atoms with Gasteiger partial charge in [-0.15, -0.1) is 0 Å².